The monoisotopic (exact) mass is 344 g/mol. The summed E-state index contributed by atoms with van der Waals surface area (Å²) in [6.45, 7) is 2.26. The number of carbonyl (C=O) groups excluding carboxylic acids is 2. The van der Waals surface area contributed by atoms with Crippen molar-refractivity contribution in [1.82, 2.24) is 15.1 Å². The van der Waals surface area contributed by atoms with Crippen LogP contribution >= 0.6 is 0 Å². The third-order valence-electron chi connectivity index (χ3n) is 3.28. The smallest absolute Gasteiger partial charge is 0.276 e. The zero-order valence-corrected chi connectivity index (χ0v) is 14.1. The topological polar surface area (TPSA) is 102 Å². The fourth-order valence-electron chi connectivity index (χ4n) is 2.02. The van der Waals surface area contributed by atoms with Gasteiger partial charge in [-0.3, -0.25) is 14.4 Å². The number of aromatic nitrogens is 2. The molecule has 0 aliphatic rings. The summed E-state index contributed by atoms with van der Waals surface area (Å²) in [6, 6.07) is 9.37. The number of aryl methyl sites for hydroxylation is 1. The average Bonchev–Trinajstić information content (AvgIpc) is 2.62. The van der Waals surface area contributed by atoms with Crippen LogP contribution in [0.3, 0.4) is 0 Å². The van der Waals surface area contributed by atoms with E-state index in [1.54, 1.807) is 24.3 Å². The zero-order chi connectivity index (χ0) is 18.2. The lowest BCUT2D eigenvalue weighted by atomic mass is 10.3. The number of likely N-dealkylation sites (N-methyl/N-ethyl adjacent to an activating group) is 1. The van der Waals surface area contributed by atoms with E-state index in [9.17, 15) is 14.4 Å². The molecule has 8 nitrogen and oxygen atoms in total. The van der Waals surface area contributed by atoms with Crippen molar-refractivity contribution in [3.05, 3.63) is 52.4 Å². The van der Waals surface area contributed by atoms with Crippen LogP contribution in [0.2, 0.25) is 0 Å². The van der Waals surface area contributed by atoms with Gasteiger partial charge >= 0.3 is 0 Å². The zero-order valence-electron chi connectivity index (χ0n) is 14.1. The first-order chi connectivity index (χ1) is 12.0. The van der Waals surface area contributed by atoms with Crippen molar-refractivity contribution < 1.29 is 14.3 Å². The van der Waals surface area contributed by atoms with Crippen LogP contribution in [0.1, 0.15) is 23.8 Å². The number of amides is 2. The van der Waals surface area contributed by atoms with Crippen LogP contribution in [0.15, 0.2) is 41.2 Å². The molecule has 1 heterocycles. The number of nitrogens with zero attached hydrogens (tertiary/aromatic N) is 2. The van der Waals surface area contributed by atoms with Crippen LogP contribution in [0.5, 0.6) is 5.75 Å². The quantitative estimate of drug-likeness (QED) is 0.781. The van der Waals surface area contributed by atoms with Crippen LogP contribution in [-0.4, -0.2) is 35.2 Å². The molecule has 2 N–H and O–H groups in total. The molecule has 2 rings (SSSR count). The van der Waals surface area contributed by atoms with Crippen molar-refractivity contribution in [2.24, 2.45) is 0 Å². The van der Waals surface area contributed by atoms with Crippen LogP contribution in [0.4, 0.5) is 5.69 Å². The molecule has 0 atom stereocenters. The molecule has 0 bridgehead atoms. The van der Waals surface area contributed by atoms with Crippen LogP contribution < -0.4 is 20.9 Å². The number of hydrogen-bond donors (Lipinski definition) is 2. The van der Waals surface area contributed by atoms with E-state index in [1.807, 2.05) is 6.92 Å². The predicted molar refractivity (Wildman–Crippen MR) is 92.7 cm³/mol. The lowest BCUT2D eigenvalue weighted by Gasteiger charge is -2.09. The molecular formula is C17H20N4O4. The Kier molecular flexibility index (Phi) is 6.27. The number of benzene rings is 1. The van der Waals surface area contributed by atoms with Crippen LogP contribution in [0, 0.1) is 0 Å². The van der Waals surface area contributed by atoms with E-state index >= 15 is 0 Å². The Morgan fingerprint density at radius 1 is 1.24 bits per heavy atom. The summed E-state index contributed by atoms with van der Waals surface area (Å²) < 4.78 is 6.59. The molecule has 0 aliphatic heterocycles. The molecule has 0 unspecified atom stereocenters. The van der Waals surface area contributed by atoms with Gasteiger partial charge in [0.1, 0.15) is 11.4 Å². The maximum atomic E-state index is 12.3. The Morgan fingerprint density at radius 2 is 2.04 bits per heavy atom. The lowest BCUT2D eigenvalue weighted by molar-refractivity contribution is -0.122. The van der Waals surface area contributed by atoms with Crippen molar-refractivity contribution in [3.8, 4) is 5.75 Å². The number of anilines is 1. The van der Waals surface area contributed by atoms with E-state index in [4.69, 9.17) is 4.74 Å². The van der Waals surface area contributed by atoms with E-state index < -0.39 is 5.91 Å². The Bertz CT molecular complexity index is 816. The maximum Gasteiger partial charge on any atom is 0.276 e. The van der Waals surface area contributed by atoms with Gasteiger partial charge < -0.3 is 15.4 Å². The number of carbonyl (C=O) groups is 2. The summed E-state index contributed by atoms with van der Waals surface area (Å²) in [5.41, 5.74) is 0.391. The van der Waals surface area contributed by atoms with Gasteiger partial charge in [-0.15, -0.1) is 0 Å². The average molecular weight is 344 g/mol. The SMILES string of the molecule is CCCn1nc(C(=O)Nc2cccc(OCC(=O)NC)c2)ccc1=O. The van der Waals surface area contributed by atoms with Crippen molar-refractivity contribution in [2.45, 2.75) is 19.9 Å². The molecule has 0 fully saturated rings. The highest BCUT2D eigenvalue weighted by atomic mass is 16.5. The molecule has 0 aliphatic carbocycles. The molecule has 0 radical (unpaired) electrons. The highest BCUT2D eigenvalue weighted by molar-refractivity contribution is 6.02. The fourth-order valence-corrected chi connectivity index (χ4v) is 2.02. The van der Waals surface area contributed by atoms with Crippen LogP contribution in [0.25, 0.3) is 0 Å². The molecule has 2 aromatic rings. The summed E-state index contributed by atoms with van der Waals surface area (Å²) in [7, 11) is 1.52. The molecule has 1 aromatic carbocycles. The summed E-state index contributed by atoms with van der Waals surface area (Å²) >= 11 is 0. The van der Waals surface area contributed by atoms with Crippen molar-refractivity contribution in [2.75, 3.05) is 19.0 Å². The second-order valence-electron chi connectivity index (χ2n) is 5.22. The van der Waals surface area contributed by atoms with Gasteiger partial charge in [0.15, 0.2) is 6.61 Å². The molecule has 0 spiro atoms. The highest BCUT2D eigenvalue weighted by Gasteiger charge is 2.10. The third-order valence-corrected chi connectivity index (χ3v) is 3.28. The van der Waals surface area contributed by atoms with E-state index in [-0.39, 0.29) is 23.8 Å². The largest absolute Gasteiger partial charge is 0.484 e. The van der Waals surface area contributed by atoms with E-state index in [1.165, 1.54) is 23.9 Å². The molecule has 132 valence electrons. The van der Waals surface area contributed by atoms with Crippen molar-refractivity contribution >= 4 is 17.5 Å². The first kappa shape index (κ1) is 18.2. The van der Waals surface area contributed by atoms with E-state index in [0.717, 1.165) is 6.42 Å². The number of hydrogen-bond acceptors (Lipinski definition) is 5. The van der Waals surface area contributed by atoms with Gasteiger partial charge in [0, 0.05) is 31.4 Å². The summed E-state index contributed by atoms with van der Waals surface area (Å²) in [5, 5.41) is 9.20. The first-order valence-electron chi connectivity index (χ1n) is 7.86. The molecule has 0 saturated heterocycles. The van der Waals surface area contributed by atoms with Crippen LogP contribution in [-0.2, 0) is 11.3 Å². The minimum Gasteiger partial charge on any atom is -0.484 e. The van der Waals surface area contributed by atoms with E-state index in [0.29, 0.717) is 18.0 Å². The first-order valence-corrected chi connectivity index (χ1v) is 7.86. The van der Waals surface area contributed by atoms with Gasteiger partial charge in [-0.2, -0.15) is 5.10 Å². The lowest BCUT2D eigenvalue weighted by Crippen LogP contribution is -2.26. The molecule has 1 aromatic heterocycles. The van der Waals surface area contributed by atoms with Gasteiger partial charge in [0.25, 0.3) is 17.4 Å². The minimum atomic E-state index is -0.437. The Morgan fingerprint density at radius 3 is 2.76 bits per heavy atom. The number of nitrogens with one attached hydrogen (secondary N) is 2. The standard InChI is InChI=1S/C17H20N4O4/c1-3-9-21-16(23)8-7-14(20-21)17(24)19-12-5-4-6-13(10-12)25-11-15(22)18-2/h4-8,10H,3,9,11H2,1-2H3,(H,18,22)(H,19,24). The van der Waals surface area contributed by atoms with Crippen molar-refractivity contribution in [3.63, 3.8) is 0 Å². The molecule has 2 amide bonds. The second-order valence-corrected chi connectivity index (χ2v) is 5.22. The number of rotatable bonds is 7. The fraction of sp³-hybridized carbons (Fsp3) is 0.294. The normalized spacial score (nSPS) is 10.2. The second kappa shape index (κ2) is 8.62. The third kappa shape index (κ3) is 5.17. The van der Waals surface area contributed by atoms with E-state index in [2.05, 4.69) is 15.7 Å². The molecule has 8 heteroatoms. The van der Waals surface area contributed by atoms with Gasteiger partial charge in [0.2, 0.25) is 0 Å². The van der Waals surface area contributed by atoms with Gasteiger partial charge in [-0.05, 0) is 24.6 Å². The molecule has 25 heavy (non-hydrogen) atoms. The van der Waals surface area contributed by atoms with Gasteiger partial charge in [-0.25, -0.2) is 4.68 Å². The van der Waals surface area contributed by atoms with Gasteiger partial charge in [0.05, 0.1) is 0 Å². The number of ether oxygens (including phenoxy) is 1. The van der Waals surface area contributed by atoms with Gasteiger partial charge in [-0.1, -0.05) is 13.0 Å². The summed E-state index contributed by atoms with van der Waals surface area (Å²) in [6.07, 6.45) is 0.739. The summed E-state index contributed by atoms with van der Waals surface area (Å²) in [5.74, 6) is -0.240. The minimum absolute atomic E-state index is 0.114. The molecule has 0 saturated carbocycles. The Hall–Kier alpha value is -3.16. The Balaban J connectivity index is 2.09. The predicted octanol–water partition coefficient (Wildman–Crippen LogP) is 1.03. The Labute approximate surface area is 144 Å². The highest BCUT2D eigenvalue weighted by Crippen LogP contribution is 2.17. The summed E-state index contributed by atoms with van der Waals surface area (Å²) in [4.78, 5) is 35.2. The van der Waals surface area contributed by atoms with Crippen molar-refractivity contribution in [1.29, 1.82) is 0 Å². The maximum absolute atomic E-state index is 12.3. The molecular weight excluding hydrogens is 324 g/mol.